The van der Waals surface area contributed by atoms with Crippen molar-refractivity contribution in [1.29, 1.82) is 0 Å². The molecule has 4 rings (SSSR count). The van der Waals surface area contributed by atoms with Crippen LogP contribution >= 0.6 is 0 Å². The van der Waals surface area contributed by atoms with Gasteiger partial charge in [-0.1, -0.05) is 0 Å². The zero-order valence-corrected chi connectivity index (χ0v) is 17.2. The van der Waals surface area contributed by atoms with Gasteiger partial charge in [-0.3, -0.25) is 0 Å². The van der Waals surface area contributed by atoms with Crippen molar-refractivity contribution in [3.63, 3.8) is 0 Å². The predicted octanol–water partition coefficient (Wildman–Crippen LogP) is 3.11. The largest absolute Gasteiger partial charge is 0.493 e. The summed E-state index contributed by atoms with van der Waals surface area (Å²) in [5.74, 6) is 2.74. The maximum absolute atomic E-state index is 8.00. The standard InChI is InChI=1S/2C10H10N2O2.CH2O/c2*1-13-9-3-7-5-11-6-12-8(7)4-10(9)14-2;1-2/h2*3-6H,1-2H3;1H2. The van der Waals surface area contributed by atoms with Crippen molar-refractivity contribution in [2.45, 2.75) is 0 Å². The molecule has 2 aromatic heterocycles. The van der Waals surface area contributed by atoms with E-state index in [-0.39, 0.29) is 0 Å². The first-order chi connectivity index (χ1) is 14.7. The lowest BCUT2D eigenvalue weighted by atomic mass is 10.2. The van der Waals surface area contributed by atoms with Crippen LogP contribution in [0.1, 0.15) is 0 Å². The molecule has 156 valence electrons. The van der Waals surface area contributed by atoms with Gasteiger partial charge in [0.2, 0.25) is 0 Å². The van der Waals surface area contributed by atoms with E-state index in [4.69, 9.17) is 23.7 Å². The predicted molar refractivity (Wildman–Crippen MR) is 112 cm³/mol. The van der Waals surface area contributed by atoms with Crippen molar-refractivity contribution < 1.29 is 23.7 Å². The lowest BCUT2D eigenvalue weighted by Crippen LogP contribution is -1.91. The van der Waals surface area contributed by atoms with Gasteiger partial charge in [-0.15, -0.1) is 0 Å². The molecule has 0 fully saturated rings. The molecule has 0 spiro atoms. The zero-order valence-electron chi connectivity index (χ0n) is 17.2. The monoisotopic (exact) mass is 410 g/mol. The highest BCUT2D eigenvalue weighted by Crippen LogP contribution is 2.31. The molecule has 2 aromatic carbocycles. The van der Waals surface area contributed by atoms with E-state index >= 15 is 0 Å². The minimum Gasteiger partial charge on any atom is -0.493 e. The number of nitrogens with zero attached hydrogens (tertiary/aromatic N) is 4. The van der Waals surface area contributed by atoms with Gasteiger partial charge in [-0.05, 0) is 12.1 Å². The number of ether oxygens (including phenoxy) is 4. The molecular weight excluding hydrogens is 388 g/mol. The summed E-state index contributed by atoms with van der Waals surface area (Å²) in [7, 11) is 6.41. The van der Waals surface area contributed by atoms with E-state index in [1.165, 1.54) is 12.7 Å². The molecule has 0 aliphatic carbocycles. The van der Waals surface area contributed by atoms with Crippen molar-refractivity contribution in [2.75, 3.05) is 28.4 Å². The van der Waals surface area contributed by atoms with E-state index in [2.05, 4.69) is 19.9 Å². The minimum absolute atomic E-state index is 0.679. The van der Waals surface area contributed by atoms with Crippen LogP contribution < -0.4 is 18.9 Å². The van der Waals surface area contributed by atoms with Crippen molar-refractivity contribution in [3.05, 3.63) is 49.3 Å². The Balaban J connectivity index is 0.000000197. The molecule has 0 amide bonds. The molecule has 0 saturated carbocycles. The van der Waals surface area contributed by atoms with Gasteiger partial charge in [0.1, 0.15) is 19.4 Å². The van der Waals surface area contributed by atoms with E-state index in [0.717, 1.165) is 21.8 Å². The molecular formula is C21H22N4O5. The topological polar surface area (TPSA) is 106 Å². The molecule has 0 atom stereocenters. The summed E-state index contributed by atoms with van der Waals surface area (Å²) < 4.78 is 20.6. The van der Waals surface area contributed by atoms with E-state index in [1.54, 1.807) is 40.8 Å². The van der Waals surface area contributed by atoms with E-state index < -0.39 is 0 Å². The molecule has 0 aliphatic heterocycles. The Hall–Kier alpha value is -4.01. The second-order valence-electron chi connectivity index (χ2n) is 5.58. The van der Waals surface area contributed by atoms with Crippen LogP contribution in [-0.2, 0) is 4.79 Å². The molecule has 0 saturated heterocycles. The lowest BCUT2D eigenvalue weighted by Gasteiger charge is -2.07. The summed E-state index contributed by atoms with van der Waals surface area (Å²) in [6.45, 7) is 2.00. The summed E-state index contributed by atoms with van der Waals surface area (Å²) in [6.07, 6.45) is 6.50. The van der Waals surface area contributed by atoms with Crippen LogP contribution in [0, 0.1) is 0 Å². The highest BCUT2D eigenvalue weighted by molar-refractivity contribution is 5.82. The first-order valence-electron chi connectivity index (χ1n) is 8.62. The first-order valence-corrected chi connectivity index (χ1v) is 8.62. The maximum atomic E-state index is 8.00. The Bertz CT molecular complexity index is 935. The third kappa shape index (κ3) is 5.07. The Kier molecular flexibility index (Phi) is 8.25. The number of fused-ring (bicyclic) bond motifs is 2. The summed E-state index contributed by atoms with van der Waals surface area (Å²) in [5, 5.41) is 1.87. The molecule has 0 bridgehead atoms. The molecule has 0 aliphatic rings. The van der Waals surface area contributed by atoms with E-state index in [1.807, 2.05) is 31.1 Å². The quantitative estimate of drug-likeness (QED) is 0.502. The summed E-state index contributed by atoms with van der Waals surface area (Å²) in [5.41, 5.74) is 1.69. The average Bonchev–Trinajstić information content (AvgIpc) is 2.83. The third-order valence-electron chi connectivity index (χ3n) is 4.02. The number of benzene rings is 2. The second-order valence-corrected chi connectivity index (χ2v) is 5.58. The van der Waals surface area contributed by atoms with Gasteiger partial charge < -0.3 is 23.7 Å². The zero-order chi connectivity index (χ0) is 21.9. The maximum Gasteiger partial charge on any atom is 0.162 e. The summed E-state index contributed by atoms with van der Waals surface area (Å²) >= 11 is 0. The number of methoxy groups -OCH3 is 4. The molecule has 4 aromatic rings. The molecule has 9 heteroatoms. The highest BCUT2D eigenvalue weighted by atomic mass is 16.5. The number of carbonyl (C=O) groups excluding carboxylic acids is 1. The SMILES string of the molecule is C=O.COc1cc2cncnc2cc1OC.COc1cc2cncnc2cc1OC. The van der Waals surface area contributed by atoms with Gasteiger partial charge in [0.05, 0.1) is 39.5 Å². The summed E-state index contributed by atoms with van der Waals surface area (Å²) in [6, 6.07) is 7.37. The molecule has 0 N–H and O–H groups in total. The molecule has 9 nitrogen and oxygen atoms in total. The van der Waals surface area contributed by atoms with Gasteiger partial charge in [0.15, 0.2) is 23.0 Å². The van der Waals surface area contributed by atoms with Gasteiger partial charge in [0, 0.05) is 35.3 Å². The Labute approximate surface area is 173 Å². The molecule has 0 radical (unpaired) electrons. The van der Waals surface area contributed by atoms with Crippen molar-refractivity contribution in [3.8, 4) is 23.0 Å². The van der Waals surface area contributed by atoms with Crippen LogP contribution in [-0.4, -0.2) is 55.2 Å². The van der Waals surface area contributed by atoms with Crippen LogP contribution in [0.3, 0.4) is 0 Å². The Morgan fingerprint density at radius 3 is 1.27 bits per heavy atom. The molecule has 0 unspecified atom stereocenters. The minimum atomic E-state index is 0.679. The number of hydrogen-bond acceptors (Lipinski definition) is 9. The average molecular weight is 410 g/mol. The van der Waals surface area contributed by atoms with Crippen molar-refractivity contribution in [2.24, 2.45) is 0 Å². The molecule has 2 heterocycles. The van der Waals surface area contributed by atoms with Crippen LogP contribution in [0.2, 0.25) is 0 Å². The number of carbonyl (C=O) groups is 1. The van der Waals surface area contributed by atoms with Crippen LogP contribution in [0.25, 0.3) is 21.8 Å². The first kappa shape index (κ1) is 22.3. The van der Waals surface area contributed by atoms with Crippen molar-refractivity contribution >= 4 is 28.6 Å². The van der Waals surface area contributed by atoms with Gasteiger partial charge in [-0.25, -0.2) is 19.9 Å². The summed E-state index contributed by atoms with van der Waals surface area (Å²) in [4.78, 5) is 24.1. The fourth-order valence-electron chi connectivity index (χ4n) is 2.62. The van der Waals surface area contributed by atoms with Crippen molar-refractivity contribution in [1.82, 2.24) is 19.9 Å². The smallest absolute Gasteiger partial charge is 0.162 e. The molecule has 30 heavy (non-hydrogen) atoms. The van der Waals surface area contributed by atoms with Gasteiger partial charge >= 0.3 is 0 Å². The fourth-order valence-corrected chi connectivity index (χ4v) is 2.62. The fraction of sp³-hybridized carbons (Fsp3) is 0.190. The van der Waals surface area contributed by atoms with Crippen LogP contribution in [0.4, 0.5) is 0 Å². The van der Waals surface area contributed by atoms with Crippen LogP contribution in [0.5, 0.6) is 23.0 Å². The number of hydrogen-bond donors (Lipinski definition) is 0. The van der Waals surface area contributed by atoms with E-state index in [0.29, 0.717) is 23.0 Å². The number of rotatable bonds is 4. The number of aromatic nitrogens is 4. The Morgan fingerprint density at radius 2 is 0.933 bits per heavy atom. The van der Waals surface area contributed by atoms with Gasteiger partial charge in [0.25, 0.3) is 0 Å². The Morgan fingerprint density at radius 1 is 0.600 bits per heavy atom. The third-order valence-corrected chi connectivity index (χ3v) is 4.02. The van der Waals surface area contributed by atoms with E-state index in [9.17, 15) is 0 Å². The lowest BCUT2D eigenvalue weighted by molar-refractivity contribution is -0.0979. The second kappa shape index (κ2) is 11.1. The highest BCUT2D eigenvalue weighted by Gasteiger charge is 2.06. The van der Waals surface area contributed by atoms with Gasteiger partial charge in [-0.2, -0.15) is 0 Å². The normalized spacial score (nSPS) is 9.60. The van der Waals surface area contributed by atoms with Crippen LogP contribution in [0.15, 0.2) is 49.3 Å².